The Kier molecular flexibility index (Phi) is 4.17. The van der Waals surface area contributed by atoms with Gasteiger partial charge in [-0.15, -0.1) is 11.6 Å². The van der Waals surface area contributed by atoms with Crippen molar-refractivity contribution in [2.45, 2.75) is 12.8 Å². The second kappa shape index (κ2) is 5.17. The van der Waals surface area contributed by atoms with E-state index in [1.54, 1.807) is 12.1 Å². The number of hydrogen-bond acceptors (Lipinski definition) is 2. The molecule has 3 nitrogen and oxygen atoms in total. The van der Waals surface area contributed by atoms with Gasteiger partial charge in [0.25, 0.3) is 5.69 Å². The molecule has 14 heavy (non-hydrogen) atoms. The summed E-state index contributed by atoms with van der Waals surface area (Å²) in [6, 6.07) is 4.81. The van der Waals surface area contributed by atoms with E-state index in [9.17, 15) is 10.1 Å². The number of hydrogen-bond donors (Lipinski definition) is 0. The van der Waals surface area contributed by atoms with Crippen LogP contribution in [0.25, 0.3) is 0 Å². The third-order valence-corrected chi connectivity index (χ3v) is 2.54. The first-order valence-electron chi connectivity index (χ1n) is 4.14. The maximum Gasteiger partial charge on any atom is 0.288 e. The number of rotatable bonds is 4. The molecule has 0 amide bonds. The lowest BCUT2D eigenvalue weighted by Crippen LogP contribution is -1.94. The van der Waals surface area contributed by atoms with E-state index in [2.05, 4.69) is 0 Å². The zero-order valence-corrected chi connectivity index (χ0v) is 8.88. The minimum atomic E-state index is -0.480. The molecule has 0 N–H and O–H groups in total. The van der Waals surface area contributed by atoms with Crippen molar-refractivity contribution in [3.05, 3.63) is 38.9 Å². The maximum absolute atomic E-state index is 10.5. The third-order valence-electron chi connectivity index (χ3n) is 1.83. The Balaban J connectivity index is 2.95. The molecule has 5 heteroatoms. The van der Waals surface area contributed by atoms with E-state index in [0.29, 0.717) is 12.3 Å². The minimum absolute atomic E-state index is 0.0428. The summed E-state index contributed by atoms with van der Waals surface area (Å²) in [5.41, 5.74) is 0.736. The highest BCUT2D eigenvalue weighted by atomic mass is 35.5. The summed E-state index contributed by atoms with van der Waals surface area (Å²) in [7, 11) is 0. The van der Waals surface area contributed by atoms with Crippen LogP contribution < -0.4 is 0 Å². The predicted octanol–water partition coefficient (Wildman–Crippen LogP) is 3.42. The Labute approximate surface area is 91.8 Å². The van der Waals surface area contributed by atoms with E-state index in [4.69, 9.17) is 23.2 Å². The van der Waals surface area contributed by atoms with Crippen LogP contribution in [-0.4, -0.2) is 10.8 Å². The van der Waals surface area contributed by atoms with Gasteiger partial charge in [-0.25, -0.2) is 0 Å². The molecule has 0 heterocycles. The molecule has 0 aliphatic rings. The number of halogens is 2. The number of nitro groups is 1. The van der Waals surface area contributed by atoms with Gasteiger partial charge >= 0.3 is 0 Å². The average molecular weight is 234 g/mol. The van der Waals surface area contributed by atoms with E-state index in [0.717, 1.165) is 12.0 Å². The first-order chi connectivity index (χ1) is 6.66. The molecule has 0 radical (unpaired) electrons. The predicted molar refractivity (Wildman–Crippen MR) is 57.1 cm³/mol. The molecular formula is C9H9Cl2NO2. The molecule has 76 valence electrons. The van der Waals surface area contributed by atoms with Crippen LogP contribution in [0, 0.1) is 10.1 Å². The second-order valence-electron chi connectivity index (χ2n) is 2.80. The van der Waals surface area contributed by atoms with Crippen molar-refractivity contribution < 1.29 is 4.92 Å². The highest BCUT2D eigenvalue weighted by molar-refractivity contribution is 6.33. The third kappa shape index (κ3) is 2.59. The molecule has 0 saturated heterocycles. The molecule has 0 saturated carbocycles. The van der Waals surface area contributed by atoms with Gasteiger partial charge in [0.2, 0.25) is 0 Å². The number of benzene rings is 1. The van der Waals surface area contributed by atoms with Crippen molar-refractivity contribution in [1.29, 1.82) is 0 Å². The lowest BCUT2D eigenvalue weighted by atomic mass is 10.1. The molecule has 1 aromatic carbocycles. The molecule has 1 rings (SSSR count). The first kappa shape index (κ1) is 11.3. The van der Waals surface area contributed by atoms with Gasteiger partial charge in [0, 0.05) is 11.9 Å². The van der Waals surface area contributed by atoms with Crippen LogP contribution in [-0.2, 0) is 6.42 Å². The van der Waals surface area contributed by atoms with Gasteiger partial charge in [0.1, 0.15) is 5.02 Å². The fraction of sp³-hybridized carbons (Fsp3) is 0.333. The summed E-state index contributed by atoms with van der Waals surface area (Å²) >= 11 is 11.4. The number of alkyl halides is 1. The molecule has 1 aromatic rings. The molecule has 0 spiro atoms. The van der Waals surface area contributed by atoms with Crippen LogP contribution in [0.5, 0.6) is 0 Å². The summed E-state index contributed by atoms with van der Waals surface area (Å²) in [5, 5.41) is 10.8. The number of aryl methyl sites for hydroxylation is 1. The van der Waals surface area contributed by atoms with Gasteiger partial charge in [-0.2, -0.15) is 0 Å². The van der Waals surface area contributed by atoms with E-state index >= 15 is 0 Å². The number of nitro benzene ring substituents is 1. The topological polar surface area (TPSA) is 43.1 Å². The lowest BCUT2D eigenvalue weighted by molar-refractivity contribution is -0.384. The van der Waals surface area contributed by atoms with E-state index in [1.165, 1.54) is 6.07 Å². The van der Waals surface area contributed by atoms with Gasteiger partial charge in [0.05, 0.1) is 4.92 Å². The van der Waals surface area contributed by atoms with Crippen LogP contribution in [0.3, 0.4) is 0 Å². The van der Waals surface area contributed by atoms with E-state index < -0.39 is 4.92 Å². The molecule has 0 fully saturated rings. The normalized spacial score (nSPS) is 10.1. The smallest absolute Gasteiger partial charge is 0.258 e. The highest BCUT2D eigenvalue weighted by Crippen LogP contribution is 2.28. The van der Waals surface area contributed by atoms with Crippen LogP contribution in [0.15, 0.2) is 18.2 Å². The Morgan fingerprint density at radius 1 is 1.43 bits per heavy atom. The van der Waals surface area contributed by atoms with E-state index in [1.807, 2.05) is 0 Å². The molecular weight excluding hydrogens is 225 g/mol. The summed E-state index contributed by atoms with van der Waals surface area (Å²) < 4.78 is 0. The summed E-state index contributed by atoms with van der Waals surface area (Å²) in [5.74, 6) is 0.527. The Morgan fingerprint density at radius 3 is 2.71 bits per heavy atom. The van der Waals surface area contributed by atoms with Crippen molar-refractivity contribution in [2.75, 3.05) is 5.88 Å². The SMILES string of the molecule is O=[N+]([O-])c1cccc(CCCCl)c1Cl. The number of nitrogens with zero attached hydrogens (tertiary/aromatic N) is 1. The largest absolute Gasteiger partial charge is 0.288 e. The molecule has 0 aliphatic carbocycles. The molecule has 0 unspecified atom stereocenters. The monoisotopic (exact) mass is 233 g/mol. The van der Waals surface area contributed by atoms with Crippen molar-refractivity contribution in [3.63, 3.8) is 0 Å². The Bertz CT molecular complexity index is 342. The van der Waals surface area contributed by atoms with Crippen molar-refractivity contribution >= 4 is 28.9 Å². The fourth-order valence-corrected chi connectivity index (χ4v) is 1.58. The van der Waals surface area contributed by atoms with Crippen LogP contribution in [0.2, 0.25) is 5.02 Å². The second-order valence-corrected chi connectivity index (χ2v) is 3.56. The Hall–Kier alpha value is -0.800. The lowest BCUT2D eigenvalue weighted by Gasteiger charge is -2.02. The van der Waals surface area contributed by atoms with Gasteiger partial charge in [-0.1, -0.05) is 23.7 Å². The van der Waals surface area contributed by atoms with Crippen molar-refractivity contribution in [3.8, 4) is 0 Å². The molecule has 0 aliphatic heterocycles. The van der Waals surface area contributed by atoms with Crippen LogP contribution >= 0.6 is 23.2 Å². The van der Waals surface area contributed by atoms with Crippen molar-refractivity contribution in [2.24, 2.45) is 0 Å². The fourth-order valence-electron chi connectivity index (χ4n) is 1.16. The maximum atomic E-state index is 10.5. The molecule has 0 atom stereocenters. The highest BCUT2D eigenvalue weighted by Gasteiger charge is 2.14. The minimum Gasteiger partial charge on any atom is -0.258 e. The molecule has 0 bridgehead atoms. The zero-order valence-electron chi connectivity index (χ0n) is 7.37. The van der Waals surface area contributed by atoms with Crippen LogP contribution in [0.4, 0.5) is 5.69 Å². The standard InChI is InChI=1S/C9H9Cl2NO2/c10-6-2-4-7-3-1-5-8(9(7)11)12(13)14/h1,3,5H,2,4,6H2. The van der Waals surface area contributed by atoms with Crippen molar-refractivity contribution in [1.82, 2.24) is 0 Å². The van der Waals surface area contributed by atoms with Gasteiger partial charge < -0.3 is 0 Å². The zero-order chi connectivity index (χ0) is 10.6. The summed E-state index contributed by atoms with van der Waals surface area (Å²) in [6.45, 7) is 0. The summed E-state index contributed by atoms with van der Waals surface area (Å²) in [6.07, 6.45) is 1.44. The Morgan fingerprint density at radius 2 is 2.14 bits per heavy atom. The van der Waals surface area contributed by atoms with Crippen LogP contribution in [0.1, 0.15) is 12.0 Å². The first-order valence-corrected chi connectivity index (χ1v) is 5.06. The average Bonchev–Trinajstić information content (AvgIpc) is 2.16. The van der Waals surface area contributed by atoms with Gasteiger partial charge in [-0.05, 0) is 18.4 Å². The van der Waals surface area contributed by atoms with E-state index in [-0.39, 0.29) is 10.7 Å². The quantitative estimate of drug-likeness (QED) is 0.455. The molecule has 0 aromatic heterocycles. The van der Waals surface area contributed by atoms with Gasteiger partial charge in [-0.3, -0.25) is 10.1 Å². The summed E-state index contributed by atoms with van der Waals surface area (Å²) in [4.78, 5) is 10.1. The van der Waals surface area contributed by atoms with Gasteiger partial charge in [0.15, 0.2) is 0 Å².